The molecule has 0 aromatic rings. The van der Waals surface area contributed by atoms with Crippen molar-refractivity contribution < 1.29 is 0 Å². The van der Waals surface area contributed by atoms with E-state index in [0.717, 1.165) is 19.4 Å². The molecule has 0 aromatic carbocycles. The molecule has 2 N–H and O–H groups in total. The third-order valence-corrected chi connectivity index (χ3v) is 2.06. The Labute approximate surface area is 61.7 Å². The van der Waals surface area contributed by atoms with Crippen LogP contribution in [0.4, 0.5) is 0 Å². The molecule has 0 atom stereocenters. The van der Waals surface area contributed by atoms with Crippen LogP contribution < -0.4 is 5.73 Å². The first kappa shape index (κ1) is 9.05. The molecule has 0 aliphatic heterocycles. The predicted octanol–water partition coefficient (Wildman–Crippen LogP) is 1.64. The average Bonchev–Trinajstić information content (AvgIpc) is 1.89. The SMILES string of the molecule is C=CCCSCCCN. The predicted molar refractivity (Wildman–Crippen MR) is 45.8 cm³/mol. The van der Waals surface area contributed by atoms with E-state index in [-0.39, 0.29) is 0 Å². The zero-order valence-electron chi connectivity index (χ0n) is 5.81. The fourth-order valence-electron chi connectivity index (χ4n) is 0.454. The minimum absolute atomic E-state index is 0.821. The highest BCUT2D eigenvalue weighted by atomic mass is 32.2. The third kappa shape index (κ3) is 8.05. The molecule has 2 heteroatoms. The van der Waals surface area contributed by atoms with E-state index in [1.807, 2.05) is 17.8 Å². The molecule has 9 heavy (non-hydrogen) atoms. The molecule has 0 aliphatic rings. The second-order valence-corrected chi connectivity index (χ2v) is 3.06. The van der Waals surface area contributed by atoms with Gasteiger partial charge in [-0.1, -0.05) is 6.08 Å². The molecule has 0 aromatic heterocycles. The van der Waals surface area contributed by atoms with Crippen molar-refractivity contribution in [3.63, 3.8) is 0 Å². The highest BCUT2D eigenvalue weighted by molar-refractivity contribution is 7.99. The second kappa shape index (κ2) is 8.05. The summed E-state index contributed by atoms with van der Waals surface area (Å²) in [6.45, 7) is 4.46. The highest BCUT2D eigenvalue weighted by Crippen LogP contribution is 2.03. The minimum Gasteiger partial charge on any atom is -0.330 e. The Morgan fingerprint density at radius 3 is 2.78 bits per heavy atom. The van der Waals surface area contributed by atoms with Crippen LogP contribution in [0.15, 0.2) is 12.7 Å². The van der Waals surface area contributed by atoms with Gasteiger partial charge in [0.05, 0.1) is 0 Å². The van der Waals surface area contributed by atoms with E-state index in [1.165, 1.54) is 11.5 Å². The topological polar surface area (TPSA) is 26.0 Å². The van der Waals surface area contributed by atoms with Crippen LogP contribution in [0.3, 0.4) is 0 Å². The van der Waals surface area contributed by atoms with Gasteiger partial charge in [0.15, 0.2) is 0 Å². The fourth-order valence-corrected chi connectivity index (χ4v) is 1.36. The van der Waals surface area contributed by atoms with Crippen molar-refractivity contribution in [3.05, 3.63) is 12.7 Å². The van der Waals surface area contributed by atoms with Crippen molar-refractivity contribution in [1.29, 1.82) is 0 Å². The van der Waals surface area contributed by atoms with Crippen molar-refractivity contribution in [2.24, 2.45) is 5.73 Å². The number of allylic oxidation sites excluding steroid dienone is 1. The maximum absolute atomic E-state index is 5.31. The van der Waals surface area contributed by atoms with Crippen LogP contribution in [0.5, 0.6) is 0 Å². The Morgan fingerprint density at radius 2 is 2.22 bits per heavy atom. The largest absolute Gasteiger partial charge is 0.330 e. The van der Waals surface area contributed by atoms with Crippen molar-refractivity contribution >= 4 is 11.8 Å². The zero-order chi connectivity index (χ0) is 6.95. The summed E-state index contributed by atoms with van der Waals surface area (Å²) < 4.78 is 0. The Morgan fingerprint density at radius 1 is 1.44 bits per heavy atom. The molecule has 0 heterocycles. The first-order chi connectivity index (χ1) is 4.41. The van der Waals surface area contributed by atoms with E-state index in [9.17, 15) is 0 Å². The van der Waals surface area contributed by atoms with Crippen molar-refractivity contribution in [3.8, 4) is 0 Å². The van der Waals surface area contributed by atoms with Gasteiger partial charge >= 0.3 is 0 Å². The molecule has 54 valence electrons. The lowest BCUT2D eigenvalue weighted by Crippen LogP contribution is -1.99. The molecule has 0 radical (unpaired) electrons. The molecule has 0 aliphatic carbocycles. The van der Waals surface area contributed by atoms with Gasteiger partial charge in [0.25, 0.3) is 0 Å². The van der Waals surface area contributed by atoms with Gasteiger partial charge in [-0.05, 0) is 30.9 Å². The van der Waals surface area contributed by atoms with Gasteiger partial charge in [0, 0.05) is 0 Å². The van der Waals surface area contributed by atoms with Gasteiger partial charge < -0.3 is 5.73 Å². The molecule has 0 amide bonds. The maximum atomic E-state index is 5.31. The first-order valence-corrected chi connectivity index (χ1v) is 4.46. The van der Waals surface area contributed by atoms with Gasteiger partial charge in [-0.3, -0.25) is 0 Å². The van der Waals surface area contributed by atoms with E-state index < -0.39 is 0 Å². The van der Waals surface area contributed by atoms with Crippen LogP contribution >= 0.6 is 11.8 Å². The molecule has 0 bridgehead atoms. The number of hydrogen-bond acceptors (Lipinski definition) is 2. The van der Waals surface area contributed by atoms with Crippen LogP contribution in [0, 0.1) is 0 Å². The summed E-state index contributed by atoms with van der Waals surface area (Å²) in [5.74, 6) is 2.40. The van der Waals surface area contributed by atoms with E-state index in [4.69, 9.17) is 5.73 Å². The molecule has 0 fully saturated rings. The molecule has 0 saturated heterocycles. The van der Waals surface area contributed by atoms with Gasteiger partial charge in [0.1, 0.15) is 0 Å². The van der Waals surface area contributed by atoms with Crippen LogP contribution in [-0.2, 0) is 0 Å². The molecular formula is C7H15NS. The van der Waals surface area contributed by atoms with Gasteiger partial charge in [-0.2, -0.15) is 11.8 Å². The fraction of sp³-hybridized carbons (Fsp3) is 0.714. The quantitative estimate of drug-likeness (QED) is 0.454. The van der Waals surface area contributed by atoms with Crippen molar-refractivity contribution in [2.45, 2.75) is 12.8 Å². The summed E-state index contributed by atoms with van der Waals surface area (Å²) in [6, 6.07) is 0. The van der Waals surface area contributed by atoms with E-state index in [1.54, 1.807) is 0 Å². The normalized spacial score (nSPS) is 9.44. The standard InChI is InChI=1S/C7H15NS/c1-2-3-6-9-7-4-5-8/h2H,1,3-8H2. The summed E-state index contributed by atoms with van der Waals surface area (Å²) in [5, 5.41) is 0. The number of thioether (sulfide) groups is 1. The smallest absolute Gasteiger partial charge is 0.00330 e. The van der Waals surface area contributed by atoms with Gasteiger partial charge in [-0.15, -0.1) is 6.58 Å². The first-order valence-electron chi connectivity index (χ1n) is 3.30. The summed E-state index contributed by atoms with van der Waals surface area (Å²) in [5.41, 5.74) is 5.31. The van der Waals surface area contributed by atoms with Gasteiger partial charge in [-0.25, -0.2) is 0 Å². The summed E-state index contributed by atoms with van der Waals surface area (Å²) in [6.07, 6.45) is 4.21. The Bertz CT molecular complexity index is 63.9. The Hall–Kier alpha value is 0.0500. The second-order valence-electron chi connectivity index (χ2n) is 1.83. The molecule has 0 spiro atoms. The number of nitrogens with two attached hydrogens (primary N) is 1. The molecular weight excluding hydrogens is 130 g/mol. The van der Waals surface area contributed by atoms with Gasteiger partial charge in [0.2, 0.25) is 0 Å². The lowest BCUT2D eigenvalue weighted by atomic mass is 10.5. The van der Waals surface area contributed by atoms with Crippen LogP contribution in [0.2, 0.25) is 0 Å². The summed E-state index contributed by atoms with van der Waals surface area (Å²) in [4.78, 5) is 0. The van der Waals surface area contributed by atoms with Crippen LogP contribution in [0.1, 0.15) is 12.8 Å². The molecule has 0 unspecified atom stereocenters. The van der Waals surface area contributed by atoms with E-state index in [0.29, 0.717) is 0 Å². The minimum atomic E-state index is 0.821. The van der Waals surface area contributed by atoms with E-state index in [2.05, 4.69) is 6.58 Å². The third-order valence-electron chi connectivity index (χ3n) is 0.959. The van der Waals surface area contributed by atoms with Crippen LogP contribution in [0.25, 0.3) is 0 Å². The van der Waals surface area contributed by atoms with Crippen LogP contribution in [-0.4, -0.2) is 18.1 Å². The summed E-state index contributed by atoms with van der Waals surface area (Å²) >= 11 is 1.95. The highest BCUT2D eigenvalue weighted by Gasteiger charge is 1.84. The van der Waals surface area contributed by atoms with Crippen molar-refractivity contribution in [1.82, 2.24) is 0 Å². The molecule has 0 rings (SSSR count). The lowest BCUT2D eigenvalue weighted by molar-refractivity contribution is 0.942. The van der Waals surface area contributed by atoms with Crippen molar-refractivity contribution in [2.75, 3.05) is 18.1 Å². The summed E-state index contributed by atoms with van der Waals surface area (Å²) in [7, 11) is 0. The Kier molecular flexibility index (Phi) is 8.09. The zero-order valence-corrected chi connectivity index (χ0v) is 6.62. The Balaban J connectivity index is 2.66. The average molecular weight is 145 g/mol. The van der Waals surface area contributed by atoms with E-state index >= 15 is 0 Å². The molecule has 1 nitrogen and oxygen atoms in total. The molecule has 0 saturated carbocycles. The number of hydrogen-bond donors (Lipinski definition) is 1. The number of rotatable bonds is 6. The monoisotopic (exact) mass is 145 g/mol. The lowest BCUT2D eigenvalue weighted by Gasteiger charge is -1.95. The maximum Gasteiger partial charge on any atom is -0.00330 e.